The van der Waals surface area contributed by atoms with Crippen LogP contribution in [0.1, 0.15) is 17.5 Å². The minimum atomic E-state index is -0.752. The van der Waals surface area contributed by atoms with Crippen molar-refractivity contribution in [1.29, 1.82) is 0 Å². The Morgan fingerprint density at radius 2 is 1.53 bits per heavy atom. The molecule has 0 unspecified atom stereocenters. The third-order valence-corrected chi connectivity index (χ3v) is 3.82. The van der Waals surface area contributed by atoms with Crippen LogP contribution in [0.5, 0.6) is 0 Å². The minimum Gasteiger partial charge on any atom is -0.481 e. The molecule has 2 aromatic carbocycles. The molecule has 0 saturated carbocycles. The van der Waals surface area contributed by atoms with Crippen molar-refractivity contribution in [3.63, 3.8) is 0 Å². The Morgan fingerprint density at radius 1 is 1.00 bits per heavy atom. The van der Waals surface area contributed by atoms with Crippen molar-refractivity contribution >= 4 is 17.7 Å². The van der Waals surface area contributed by atoms with Crippen LogP contribution in [0, 0.1) is 6.92 Å². The number of carboxylic acid groups (broad SMARTS) is 1. The Bertz CT molecular complexity index is 544. The number of aliphatic carboxylic acids is 1. The van der Waals surface area contributed by atoms with E-state index in [0.29, 0.717) is 6.42 Å². The zero-order chi connectivity index (χ0) is 13.7. The Morgan fingerprint density at radius 3 is 2.05 bits per heavy atom. The molecule has 0 bridgehead atoms. The fourth-order valence-corrected chi connectivity index (χ4v) is 2.53. The molecule has 2 rings (SSSR count). The van der Waals surface area contributed by atoms with Gasteiger partial charge in [0.25, 0.3) is 0 Å². The van der Waals surface area contributed by atoms with Crippen molar-refractivity contribution in [3.05, 3.63) is 59.7 Å². The monoisotopic (exact) mass is 272 g/mol. The second-order valence-corrected chi connectivity index (χ2v) is 5.60. The average Bonchev–Trinajstić information content (AvgIpc) is 2.40. The second kappa shape index (κ2) is 6.43. The first-order valence-electron chi connectivity index (χ1n) is 6.19. The zero-order valence-electron chi connectivity index (χ0n) is 10.8. The van der Waals surface area contributed by atoms with Gasteiger partial charge in [0.05, 0.1) is 0 Å². The maximum Gasteiger partial charge on any atom is 0.303 e. The zero-order valence-corrected chi connectivity index (χ0v) is 11.6. The van der Waals surface area contributed by atoms with E-state index >= 15 is 0 Å². The summed E-state index contributed by atoms with van der Waals surface area (Å²) in [6.45, 7) is 2.08. The number of hydrogen-bond donors (Lipinski definition) is 1. The van der Waals surface area contributed by atoms with Gasteiger partial charge in [-0.05, 0) is 43.2 Å². The lowest BCUT2D eigenvalue weighted by molar-refractivity contribution is -0.136. The Kier molecular flexibility index (Phi) is 4.63. The molecule has 0 fully saturated rings. The van der Waals surface area contributed by atoms with E-state index in [1.165, 1.54) is 15.4 Å². The highest BCUT2D eigenvalue weighted by Gasteiger charge is 2.01. The van der Waals surface area contributed by atoms with Crippen LogP contribution in [0.4, 0.5) is 0 Å². The van der Waals surface area contributed by atoms with Gasteiger partial charge in [-0.25, -0.2) is 0 Å². The van der Waals surface area contributed by atoms with Crippen molar-refractivity contribution in [2.45, 2.75) is 29.6 Å². The highest BCUT2D eigenvalue weighted by molar-refractivity contribution is 7.99. The van der Waals surface area contributed by atoms with Crippen molar-refractivity contribution in [2.75, 3.05) is 0 Å². The number of aryl methyl sites for hydroxylation is 2. The van der Waals surface area contributed by atoms with Gasteiger partial charge in [-0.3, -0.25) is 4.79 Å². The van der Waals surface area contributed by atoms with E-state index in [4.69, 9.17) is 5.11 Å². The highest BCUT2D eigenvalue weighted by Crippen LogP contribution is 2.27. The lowest BCUT2D eigenvalue weighted by atomic mass is 10.1. The Hall–Kier alpha value is -1.74. The molecule has 0 aliphatic carbocycles. The summed E-state index contributed by atoms with van der Waals surface area (Å²) in [4.78, 5) is 12.9. The molecule has 0 heterocycles. The van der Waals surface area contributed by atoms with E-state index < -0.39 is 5.97 Å². The maximum atomic E-state index is 10.5. The normalized spacial score (nSPS) is 10.4. The van der Waals surface area contributed by atoms with E-state index in [1.54, 1.807) is 11.8 Å². The standard InChI is InChI=1S/C16H16O2S/c1-12-2-7-14(8-3-12)19-15-9-4-13(5-10-15)6-11-16(17)18/h2-5,7-10H,6,11H2,1H3,(H,17,18). The molecule has 19 heavy (non-hydrogen) atoms. The molecule has 1 N–H and O–H groups in total. The molecule has 0 amide bonds. The quantitative estimate of drug-likeness (QED) is 0.888. The number of rotatable bonds is 5. The molecule has 0 aliphatic heterocycles. The first kappa shape index (κ1) is 13.7. The third kappa shape index (κ3) is 4.45. The van der Waals surface area contributed by atoms with E-state index in [9.17, 15) is 4.79 Å². The number of benzene rings is 2. The van der Waals surface area contributed by atoms with Gasteiger partial charge < -0.3 is 5.11 Å². The second-order valence-electron chi connectivity index (χ2n) is 4.45. The fraction of sp³-hybridized carbons (Fsp3) is 0.188. The summed E-state index contributed by atoms with van der Waals surface area (Å²) in [7, 11) is 0. The van der Waals surface area contributed by atoms with Crippen molar-refractivity contribution in [3.8, 4) is 0 Å². The van der Waals surface area contributed by atoms with Gasteiger partial charge in [0.2, 0.25) is 0 Å². The predicted octanol–water partition coefficient (Wildman–Crippen LogP) is 4.16. The van der Waals surface area contributed by atoms with Crippen LogP contribution in [0.3, 0.4) is 0 Å². The number of hydrogen-bond acceptors (Lipinski definition) is 2. The van der Waals surface area contributed by atoms with Gasteiger partial charge in [0.15, 0.2) is 0 Å². The fourth-order valence-electron chi connectivity index (χ4n) is 1.72. The molecule has 0 radical (unpaired) electrons. The molecule has 0 aliphatic rings. The topological polar surface area (TPSA) is 37.3 Å². The lowest BCUT2D eigenvalue weighted by Gasteiger charge is -2.04. The van der Waals surface area contributed by atoms with E-state index in [-0.39, 0.29) is 6.42 Å². The predicted molar refractivity (Wildman–Crippen MR) is 77.7 cm³/mol. The summed E-state index contributed by atoms with van der Waals surface area (Å²) in [5, 5.41) is 8.64. The summed E-state index contributed by atoms with van der Waals surface area (Å²) in [5.74, 6) is -0.752. The van der Waals surface area contributed by atoms with Crippen LogP contribution < -0.4 is 0 Å². The molecule has 0 aromatic heterocycles. The molecule has 2 aromatic rings. The van der Waals surface area contributed by atoms with E-state index in [0.717, 1.165) is 5.56 Å². The van der Waals surface area contributed by atoms with Gasteiger partial charge in [0, 0.05) is 16.2 Å². The molecule has 0 atom stereocenters. The first-order valence-corrected chi connectivity index (χ1v) is 7.00. The molecule has 98 valence electrons. The molecule has 2 nitrogen and oxygen atoms in total. The minimum absolute atomic E-state index is 0.185. The van der Waals surface area contributed by atoms with Gasteiger partial charge in [-0.1, -0.05) is 41.6 Å². The molecule has 3 heteroatoms. The molecular formula is C16H16O2S. The van der Waals surface area contributed by atoms with Crippen molar-refractivity contribution in [1.82, 2.24) is 0 Å². The Labute approximate surface area is 117 Å². The summed E-state index contributed by atoms with van der Waals surface area (Å²) < 4.78 is 0. The number of carboxylic acids is 1. The Balaban J connectivity index is 1.98. The molecular weight excluding hydrogens is 256 g/mol. The molecule has 0 spiro atoms. The summed E-state index contributed by atoms with van der Waals surface area (Å²) >= 11 is 1.71. The van der Waals surface area contributed by atoms with Crippen LogP contribution >= 0.6 is 11.8 Å². The molecule has 0 saturated heterocycles. The smallest absolute Gasteiger partial charge is 0.303 e. The average molecular weight is 272 g/mol. The van der Waals surface area contributed by atoms with Crippen LogP contribution in [0.15, 0.2) is 58.3 Å². The highest BCUT2D eigenvalue weighted by atomic mass is 32.2. The van der Waals surface area contributed by atoms with Gasteiger partial charge in [-0.2, -0.15) is 0 Å². The van der Waals surface area contributed by atoms with Crippen LogP contribution in [0.25, 0.3) is 0 Å². The van der Waals surface area contributed by atoms with E-state index in [2.05, 4.69) is 31.2 Å². The lowest BCUT2D eigenvalue weighted by Crippen LogP contribution is -1.97. The van der Waals surface area contributed by atoms with E-state index in [1.807, 2.05) is 24.3 Å². The number of carbonyl (C=O) groups is 1. The van der Waals surface area contributed by atoms with Gasteiger partial charge >= 0.3 is 5.97 Å². The van der Waals surface area contributed by atoms with Crippen molar-refractivity contribution < 1.29 is 9.90 Å². The summed E-state index contributed by atoms with van der Waals surface area (Å²) in [6, 6.07) is 16.5. The first-order chi connectivity index (χ1) is 9.13. The van der Waals surface area contributed by atoms with Crippen LogP contribution in [0.2, 0.25) is 0 Å². The summed E-state index contributed by atoms with van der Waals surface area (Å²) in [5.41, 5.74) is 2.32. The SMILES string of the molecule is Cc1ccc(Sc2ccc(CCC(=O)O)cc2)cc1. The largest absolute Gasteiger partial charge is 0.481 e. The van der Waals surface area contributed by atoms with Gasteiger partial charge in [-0.15, -0.1) is 0 Å². The van der Waals surface area contributed by atoms with Crippen LogP contribution in [-0.4, -0.2) is 11.1 Å². The third-order valence-electron chi connectivity index (χ3n) is 2.81. The van der Waals surface area contributed by atoms with Crippen molar-refractivity contribution in [2.24, 2.45) is 0 Å². The maximum absolute atomic E-state index is 10.5. The van der Waals surface area contributed by atoms with Gasteiger partial charge in [0.1, 0.15) is 0 Å². The van der Waals surface area contributed by atoms with Crippen LogP contribution in [-0.2, 0) is 11.2 Å². The summed E-state index contributed by atoms with van der Waals surface area (Å²) in [6.07, 6.45) is 0.773.